The molecule has 0 amide bonds. The van der Waals surface area contributed by atoms with E-state index in [9.17, 15) is 0 Å². The first-order valence-electron chi connectivity index (χ1n) is 11.1. The van der Waals surface area contributed by atoms with Gasteiger partial charge in [-0.3, -0.25) is 0 Å². The standard InChI is InChI=1S/C26H34ClNO2/c1-17-18(2)25-23(19(3)24(17)29-16-20-10-7-6-8-11-20)22(26(4,5)30-25)15-28-13-9-12-21(27)14-28/h6-8,10-11,21-22H,9,12-16H2,1-5H3. The molecule has 162 valence electrons. The SMILES string of the molecule is Cc1c(C)c2c(c(C)c1OCc1ccccc1)C(CN1CCCC(Cl)C1)C(C)(C)O2. The van der Waals surface area contributed by atoms with Crippen molar-refractivity contribution in [3.63, 3.8) is 0 Å². The number of halogens is 1. The van der Waals surface area contributed by atoms with Crippen molar-refractivity contribution in [2.75, 3.05) is 19.6 Å². The van der Waals surface area contributed by atoms with Crippen molar-refractivity contribution in [3.05, 3.63) is 58.1 Å². The molecule has 0 radical (unpaired) electrons. The summed E-state index contributed by atoms with van der Waals surface area (Å²) in [5, 5.41) is 0.259. The lowest BCUT2D eigenvalue weighted by Crippen LogP contribution is -2.43. The second-order valence-corrected chi connectivity index (χ2v) is 10.1. The summed E-state index contributed by atoms with van der Waals surface area (Å²) < 4.78 is 13.0. The molecule has 0 N–H and O–H groups in total. The van der Waals surface area contributed by atoms with E-state index >= 15 is 0 Å². The number of piperidine rings is 1. The molecule has 0 saturated carbocycles. The van der Waals surface area contributed by atoms with E-state index in [0.717, 1.165) is 37.6 Å². The van der Waals surface area contributed by atoms with Gasteiger partial charge in [0.2, 0.25) is 0 Å². The van der Waals surface area contributed by atoms with E-state index in [2.05, 4.69) is 63.8 Å². The van der Waals surface area contributed by atoms with Gasteiger partial charge in [-0.1, -0.05) is 30.3 Å². The van der Waals surface area contributed by atoms with Crippen molar-refractivity contribution < 1.29 is 9.47 Å². The fourth-order valence-electron chi connectivity index (χ4n) is 5.03. The van der Waals surface area contributed by atoms with Crippen molar-refractivity contribution in [1.29, 1.82) is 0 Å². The van der Waals surface area contributed by atoms with Crippen LogP contribution < -0.4 is 9.47 Å². The molecule has 0 bridgehead atoms. The van der Waals surface area contributed by atoms with Crippen LogP contribution in [0.5, 0.6) is 11.5 Å². The lowest BCUT2D eigenvalue weighted by atomic mass is 9.82. The summed E-state index contributed by atoms with van der Waals surface area (Å²) in [6.07, 6.45) is 2.29. The van der Waals surface area contributed by atoms with Gasteiger partial charge in [-0.15, -0.1) is 11.6 Å². The summed E-state index contributed by atoms with van der Waals surface area (Å²) in [6, 6.07) is 10.4. The van der Waals surface area contributed by atoms with Gasteiger partial charge in [-0.25, -0.2) is 0 Å². The highest BCUT2D eigenvalue weighted by atomic mass is 35.5. The van der Waals surface area contributed by atoms with Crippen molar-refractivity contribution >= 4 is 11.6 Å². The van der Waals surface area contributed by atoms with E-state index in [1.54, 1.807) is 0 Å². The van der Waals surface area contributed by atoms with Gasteiger partial charge in [0.1, 0.15) is 23.7 Å². The molecule has 2 unspecified atom stereocenters. The highest BCUT2D eigenvalue weighted by Crippen LogP contribution is 2.52. The van der Waals surface area contributed by atoms with E-state index in [1.807, 2.05) is 6.07 Å². The van der Waals surface area contributed by atoms with Crippen molar-refractivity contribution in [1.82, 2.24) is 4.90 Å². The Morgan fingerprint density at radius 1 is 1.10 bits per heavy atom. The fourth-order valence-corrected chi connectivity index (χ4v) is 5.38. The zero-order valence-corrected chi connectivity index (χ0v) is 19.7. The van der Waals surface area contributed by atoms with Gasteiger partial charge in [-0.05, 0) is 76.3 Å². The summed E-state index contributed by atoms with van der Waals surface area (Å²) in [6.45, 7) is 14.6. The lowest BCUT2D eigenvalue weighted by molar-refractivity contribution is 0.0846. The monoisotopic (exact) mass is 427 g/mol. The predicted molar refractivity (Wildman–Crippen MR) is 124 cm³/mol. The van der Waals surface area contributed by atoms with E-state index in [-0.39, 0.29) is 11.0 Å². The summed E-state index contributed by atoms with van der Waals surface area (Å²) in [5.74, 6) is 2.37. The Bertz CT molecular complexity index is 909. The minimum Gasteiger partial charge on any atom is -0.488 e. The summed E-state index contributed by atoms with van der Waals surface area (Å²) in [7, 11) is 0. The number of hydrogen-bond acceptors (Lipinski definition) is 3. The molecule has 2 atom stereocenters. The maximum absolute atomic E-state index is 6.57. The quantitative estimate of drug-likeness (QED) is 0.534. The number of likely N-dealkylation sites (tertiary alicyclic amines) is 1. The minimum absolute atomic E-state index is 0.248. The van der Waals surface area contributed by atoms with Crippen LogP contribution in [0.25, 0.3) is 0 Å². The van der Waals surface area contributed by atoms with Crippen LogP contribution in [0.1, 0.15) is 60.4 Å². The number of hydrogen-bond donors (Lipinski definition) is 0. The van der Waals surface area contributed by atoms with Crippen LogP contribution in [0.2, 0.25) is 0 Å². The van der Waals surface area contributed by atoms with Crippen LogP contribution in [0.3, 0.4) is 0 Å². The topological polar surface area (TPSA) is 21.7 Å². The van der Waals surface area contributed by atoms with Crippen molar-refractivity contribution in [3.8, 4) is 11.5 Å². The number of fused-ring (bicyclic) bond motifs is 1. The molecule has 0 spiro atoms. The molecule has 3 nitrogen and oxygen atoms in total. The van der Waals surface area contributed by atoms with Gasteiger partial charge >= 0.3 is 0 Å². The van der Waals surface area contributed by atoms with Crippen molar-refractivity contribution in [2.45, 2.75) is 71.0 Å². The molecule has 2 aliphatic rings. The average Bonchev–Trinajstić information content (AvgIpc) is 2.98. The van der Waals surface area contributed by atoms with Gasteiger partial charge in [0, 0.05) is 29.9 Å². The van der Waals surface area contributed by atoms with E-state index in [4.69, 9.17) is 21.1 Å². The lowest BCUT2D eigenvalue weighted by Gasteiger charge is -2.35. The van der Waals surface area contributed by atoms with Gasteiger partial charge in [0.05, 0.1) is 0 Å². The molecule has 1 saturated heterocycles. The second kappa shape index (κ2) is 8.43. The molecule has 2 aliphatic heterocycles. The first-order chi connectivity index (χ1) is 14.3. The van der Waals surface area contributed by atoms with Crippen LogP contribution in [0.15, 0.2) is 30.3 Å². The number of benzene rings is 2. The third-order valence-electron chi connectivity index (χ3n) is 6.90. The fraction of sp³-hybridized carbons (Fsp3) is 0.538. The van der Waals surface area contributed by atoms with Gasteiger partial charge in [0.25, 0.3) is 0 Å². The third-order valence-corrected chi connectivity index (χ3v) is 7.26. The minimum atomic E-state index is -0.248. The number of rotatable bonds is 5. The maximum atomic E-state index is 6.57. The first-order valence-corrected chi connectivity index (χ1v) is 11.6. The molecule has 0 aliphatic carbocycles. The molecule has 30 heavy (non-hydrogen) atoms. The largest absolute Gasteiger partial charge is 0.488 e. The normalized spacial score (nSPS) is 23.1. The van der Waals surface area contributed by atoms with Crippen LogP contribution >= 0.6 is 11.6 Å². The second-order valence-electron chi connectivity index (χ2n) is 9.48. The van der Waals surface area contributed by atoms with Gasteiger partial charge in [0.15, 0.2) is 0 Å². The van der Waals surface area contributed by atoms with Gasteiger partial charge in [-0.2, -0.15) is 0 Å². The molecule has 0 aromatic heterocycles. The average molecular weight is 428 g/mol. The Labute approximate surface area is 186 Å². The molecular weight excluding hydrogens is 394 g/mol. The Morgan fingerprint density at radius 2 is 1.83 bits per heavy atom. The highest BCUT2D eigenvalue weighted by Gasteiger charge is 2.45. The van der Waals surface area contributed by atoms with Crippen LogP contribution in [-0.2, 0) is 6.61 Å². The van der Waals surface area contributed by atoms with Crippen LogP contribution in [0, 0.1) is 20.8 Å². The van der Waals surface area contributed by atoms with E-state index < -0.39 is 0 Å². The van der Waals surface area contributed by atoms with Crippen LogP contribution in [0.4, 0.5) is 0 Å². The zero-order chi connectivity index (χ0) is 21.5. The number of nitrogens with zero attached hydrogens (tertiary/aromatic N) is 1. The Hall–Kier alpha value is -1.71. The first kappa shape index (κ1) is 21.5. The van der Waals surface area contributed by atoms with E-state index in [0.29, 0.717) is 12.5 Å². The molecule has 4 rings (SSSR count). The highest BCUT2D eigenvalue weighted by molar-refractivity contribution is 6.20. The molecule has 2 aromatic rings. The van der Waals surface area contributed by atoms with Crippen molar-refractivity contribution in [2.24, 2.45) is 0 Å². The van der Waals surface area contributed by atoms with Gasteiger partial charge < -0.3 is 14.4 Å². The number of ether oxygens (including phenoxy) is 2. The summed E-state index contributed by atoms with van der Waals surface area (Å²) in [4.78, 5) is 2.52. The molecule has 1 fully saturated rings. The number of alkyl halides is 1. The predicted octanol–water partition coefficient (Wildman–Crippen LogP) is 6.15. The third kappa shape index (κ3) is 4.07. The molecule has 4 heteroatoms. The summed E-state index contributed by atoms with van der Waals surface area (Å²) >= 11 is 6.48. The Morgan fingerprint density at radius 3 is 2.53 bits per heavy atom. The summed E-state index contributed by atoms with van der Waals surface area (Å²) in [5.41, 5.74) is 5.85. The molecular formula is C26H34ClNO2. The zero-order valence-electron chi connectivity index (χ0n) is 18.9. The van der Waals surface area contributed by atoms with Crippen LogP contribution in [-0.4, -0.2) is 35.5 Å². The Balaban J connectivity index is 1.67. The van der Waals surface area contributed by atoms with E-state index in [1.165, 1.54) is 34.2 Å². The molecule has 2 aromatic carbocycles. The smallest absolute Gasteiger partial charge is 0.127 e. The molecule has 2 heterocycles. The maximum Gasteiger partial charge on any atom is 0.127 e. The Kier molecular flexibility index (Phi) is 6.05.